The second kappa shape index (κ2) is 4.56. The Morgan fingerprint density at radius 1 is 1.37 bits per heavy atom. The summed E-state index contributed by atoms with van der Waals surface area (Å²) in [7, 11) is 0. The molecular weight excluding hydrogens is 240 g/mol. The Kier molecular flexibility index (Phi) is 2.75. The number of nitrogens with two attached hydrogens (primary N) is 1. The first kappa shape index (κ1) is 11.5. The summed E-state index contributed by atoms with van der Waals surface area (Å²) < 4.78 is 1.82. The van der Waals surface area contributed by atoms with Gasteiger partial charge in [0.25, 0.3) is 0 Å². The number of nitrogens with zero attached hydrogens (tertiary/aromatic N) is 4. The second-order valence-electron chi connectivity index (χ2n) is 4.37. The SMILES string of the molecule is CC(Nc1nccn2cnnc12)c1cccc(N)c1. The summed E-state index contributed by atoms with van der Waals surface area (Å²) in [5.74, 6) is 0.704. The van der Waals surface area contributed by atoms with Gasteiger partial charge in [0.05, 0.1) is 6.04 Å². The summed E-state index contributed by atoms with van der Waals surface area (Å²) in [5.41, 5.74) is 8.35. The zero-order chi connectivity index (χ0) is 13.2. The van der Waals surface area contributed by atoms with Crippen molar-refractivity contribution in [1.82, 2.24) is 19.6 Å². The fourth-order valence-corrected chi connectivity index (χ4v) is 1.98. The van der Waals surface area contributed by atoms with Gasteiger partial charge in [0.2, 0.25) is 5.65 Å². The fourth-order valence-electron chi connectivity index (χ4n) is 1.98. The van der Waals surface area contributed by atoms with Crippen LogP contribution in [0.25, 0.3) is 5.65 Å². The van der Waals surface area contributed by atoms with Gasteiger partial charge in [-0.2, -0.15) is 0 Å². The molecule has 1 aromatic carbocycles. The van der Waals surface area contributed by atoms with Gasteiger partial charge < -0.3 is 11.1 Å². The van der Waals surface area contributed by atoms with Crippen molar-refractivity contribution in [2.75, 3.05) is 11.1 Å². The van der Waals surface area contributed by atoms with Gasteiger partial charge in [-0.25, -0.2) is 4.98 Å². The minimum absolute atomic E-state index is 0.0823. The predicted molar refractivity (Wildman–Crippen MR) is 73.7 cm³/mol. The number of hydrogen-bond donors (Lipinski definition) is 2. The summed E-state index contributed by atoms with van der Waals surface area (Å²) in [6.07, 6.45) is 5.17. The predicted octanol–water partition coefficient (Wildman–Crippen LogP) is 1.88. The fraction of sp³-hybridized carbons (Fsp3) is 0.154. The number of nitrogens with one attached hydrogen (secondary N) is 1. The number of rotatable bonds is 3. The molecule has 0 spiro atoms. The number of hydrogen-bond acceptors (Lipinski definition) is 5. The van der Waals surface area contributed by atoms with Crippen molar-refractivity contribution in [1.29, 1.82) is 0 Å². The minimum Gasteiger partial charge on any atom is -0.399 e. The zero-order valence-corrected chi connectivity index (χ0v) is 10.5. The van der Waals surface area contributed by atoms with E-state index >= 15 is 0 Å². The lowest BCUT2D eigenvalue weighted by Gasteiger charge is -2.15. The highest BCUT2D eigenvalue weighted by atomic mass is 15.2. The Balaban J connectivity index is 1.90. The first-order chi connectivity index (χ1) is 9.24. The molecule has 0 fully saturated rings. The molecular formula is C13H14N6. The van der Waals surface area contributed by atoms with Gasteiger partial charge in [-0.15, -0.1) is 10.2 Å². The number of benzene rings is 1. The molecule has 0 aliphatic heterocycles. The summed E-state index contributed by atoms with van der Waals surface area (Å²) in [6.45, 7) is 2.05. The summed E-state index contributed by atoms with van der Waals surface area (Å²) >= 11 is 0. The summed E-state index contributed by atoms with van der Waals surface area (Å²) in [5, 5.41) is 11.2. The molecule has 0 aliphatic carbocycles. The Labute approximate surface area is 110 Å². The molecule has 3 rings (SSSR count). The highest BCUT2D eigenvalue weighted by molar-refractivity contribution is 5.62. The van der Waals surface area contributed by atoms with Crippen LogP contribution in [-0.4, -0.2) is 19.6 Å². The molecule has 19 heavy (non-hydrogen) atoms. The van der Waals surface area contributed by atoms with Crippen LogP contribution in [0, 0.1) is 0 Å². The van der Waals surface area contributed by atoms with Crippen LogP contribution in [0.4, 0.5) is 11.5 Å². The van der Waals surface area contributed by atoms with Crippen molar-refractivity contribution in [3.63, 3.8) is 0 Å². The molecule has 0 saturated carbocycles. The molecule has 0 aliphatic rings. The maximum Gasteiger partial charge on any atom is 0.203 e. The molecule has 0 bridgehead atoms. The molecule has 0 amide bonds. The molecule has 2 heterocycles. The molecule has 96 valence electrons. The second-order valence-corrected chi connectivity index (χ2v) is 4.37. The Morgan fingerprint density at radius 2 is 2.26 bits per heavy atom. The molecule has 6 nitrogen and oxygen atoms in total. The van der Waals surface area contributed by atoms with Gasteiger partial charge in [-0.3, -0.25) is 4.40 Å². The molecule has 1 unspecified atom stereocenters. The van der Waals surface area contributed by atoms with Crippen molar-refractivity contribution in [3.05, 3.63) is 48.5 Å². The van der Waals surface area contributed by atoms with E-state index in [1.165, 1.54) is 0 Å². The van der Waals surface area contributed by atoms with E-state index in [0.29, 0.717) is 11.5 Å². The number of fused-ring (bicyclic) bond motifs is 1. The van der Waals surface area contributed by atoms with Crippen molar-refractivity contribution < 1.29 is 0 Å². The average molecular weight is 254 g/mol. The lowest BCUT2D eigenvalue weighted by atomic mass is 10.1. The van der Waals surface area contributed by atoms with E-state index in [4.69, 9.17) is 5.73 Å². The molecule has 6 heteroatoms. The van der Waals surface area contributed by atoms with E-state index < -0.39 is 0 Å². The van der Waals surface area contributed by atoms with E-state index in [0.717, 1.165) is 11.3 Å². The van der Waals surface area contributed by atoms with Crippen LogP contribution >= 0.6 is 0 Å². The van der Waals surface area contributed by atoms with E-state index in [1.807, 2.05) is 34.9 Å². The molecule has 2 aromatic heterocycles. The summed E-state index contributed by atoms with van der Waals surface area (Å²) in [6, 6.07) is 7.86. The van der Waals surface area contributed by atoms with E-state index in [1.54, 1.807) is 12.5 Å². The van der Waals surface area contributed by atoms with Crippen molar-refractivity contribution in [3.8, 4) is 0 Å². The third kappa shape index (κ3) is 2.20. The monoisotopic (exact) mass is 254 g/mol. The van der Waals surface area contributed by atoms with Gasteiger partial charge in [-0.1, -0.05) is 12.1 Å². The highest BCUT2D eigenvalue weighted by Crippen LogP contribution is 2.21. The van der Waals surface area contributed by atoms with Gasteiger partial charge in [-0.05, 0) is 24.6 Å². The van der Waals surface area contributed by atoms with Gasteiger partial charge >= 0.3 is 0 Å². The van der Waals surface area contributed by atoms with Gasteiger partial charge in [0.15, 0.2) is 5.82 Å². The molecule has 0 saturated heterocycles. The maximum absolute atomic E-state index is 5.79. The smallest absolute Gasteiger partial charge is 0.203 e. The Bertz CT molecular complexity index is 705. The quantitative estimate of drug-likeness (QED) is 0.697. The first-order valence-electron chi connectivity index (χ1n) is 6.00. The third-order valence-electron chi connectivity index (χ3n) is 2.98. The van der Waals surface area contributed by atoms with Crippen LogP contribution in [0.3, 0.4) is 0 Å². The lowest BCUT2D eigenvalue weighted by molar-refractivity contribution is 0.873. The number of nitrogen functional groups attached to an aromatic ring is 1. The van der Waals surface area contributed by atoms with Crippen molar-refractivity contribution in [2.45, 2.75) is 13.0 Å². The van der Waals surface area contributed by atoms with Gasteiger partial charge in [0, 0.05) is 18.1 Å². The normalized spacial score (nSPS) is 12.5. The molecule has 3 N–H and O–H groups in total. The van der Waals surface area contributed by atoms with Crippen LogP contribution in [-0.2, 0) is 0 Å². The number of aromatic nitrogens is 4. The third-order valence-corrected chi connectivity index (χ3v) is 2.98. The average Bonchev–Trinajstić information content (AvgIpc) is 2.88. The van der Waals surface area contributed by atoms with Crippen LogP contribution in [0.2, 0.25) is 0 Å². The Hall–Kier alpha value is -2.63. The minimum atomic E-state index is 0.0823. The van der Waals surface area contributed by atoms with Crippen molar-refractivity contribution in [2.24, 2.45) is 0 Å². The summed E-state index contributed by atoms with van der Waals surface area (Å²) in [4.78, 5) is 4.30. The Morgan fingerprint density at radius 3 is 3.11 bits per heavy atom. The topological polar surface area (TPSA) is 81.1 Å². The van der Waals surface area contributed by atoms with Gasteiger partial charge in [0.1, 0.15) is 6.33 Å². The van der Waals surface area contributed by atoms with Crippen LogP contribution in [0.15, 0.2) is 43.0 Å². The standard InChI is InChI=1S/C13H14N6/c1-9(10-3-2-4-11(14)7-10)17-12-13-18-16-8-19(13)6-5-15-12/h2-9H,14H2,1H3,(H,15,17). The number of anilines is 2. The highest BCUT2D eigenvalue weighted by Gasteiger charge is 2.10. The van der Waals surface area contributed by atoms with Crippen molar-refractivity contribution >= 4 is 17.2 Å². The van der Waals surface area contributed by atoms with E-state index in [9.17, 15) is 0 Å². The molecule has 0 radical (unpaired) electrons. The first-order valence-corrected chi connectivity index (χ1v) is 6.00. The maximum atomic E-state index is 5.79. The van der Waals surface area contributed by atoms with Crippen LogP contribution < -0.4 is 11.1 Å². The zero-order valence-electron chi connectivity index (χ0n) is 10.5. The largest absolute Gasteiger partial charge is 0.399 e. The van der Waals surface area contributed by atoms with E-state index in [-0.39, 0.29) is 6.04 Å². The van der Waals surface area contributed by atoms with E-state index in [2.05, 4.69) is 27.4 Å². The van der Waals surface area contributed by atoms with Crippen LogP contribution in [0.1, 0.15) is 18.5 Å². The van der Waals surface area contributed by atoms with Crippen LogP contribution in [0.5, 0.6) is 0 Å². The molecule has 3 aromatic rings. The molecule has 1 atom stereocenters. The lowest BCUT2D eigenvalue weighted by Crippen LogP contribution is -2.09.